The van der Waals surface area contributed by atoms with E-state index in [9.17, 15) is 22.8 Å². The molecule has 134 valence electrons. The lowest BCUT2D eigenvalue weighted by atomic mass is 10.2. The zero-order valence-corrected chi connectivity index (χ0v) is 14.3. The Morgan fingerprint density at radius 1 is 1.32 bits per heavy atom. The molecule has 1 atom stereocenters. The molecule has 0 bridgehead atoms. The van der Waals surface area contributed by atoms with Crippen LogP contribution in [0.1, 0.15) is 21.8 Å². The molecule has 25 heavy (non-hydrogen) atoms. The molecule has 1 amide bonds. The van der Waals surface area contributed by atoms with E-state index in [4.69, 9.17) is 16.7 Å². The van der Waals surface area contributed by atoms with Crippen LogP contribution in [0, 0.1) is 6.92 Å². The number of amides is 1. The van der Waals surface area contributed by atoms with Crippen LogP contribution in [0.3, 0.4) is 0 Å². The molecule has 1 aromatic heterocycles. The molecular formula is C15H12ClF3N2O3S. The number of rotatable bonds is 5. The lowest BCUT2D eigenvalue weighted by Crippen LogP contribution is -2.43. The Bertz CT molecular complexity index is 790. The van der Waals surface area contributed by atoms with Crippen molar-refractivity contribution in [3.8, 4) is 10.6 Å². The number of nitrogens with one attached hydrogen (secondary N) is 1. The van der Waals surface area contributed by atoms with Crippen molar-refractivity contribution < 1.29 is 27.9 Å². The molecule has 2 aromatic rings. The van der Waals surface area contributed by atoms with Crippen molar-refractivity contribution in [2.24, 2.45) is 0 Å². The zero-order valence-electron chi connectivity index (χ0n) is 12.7. The number of carboxylic acids is 1. The van der Waals surface area contributed by atoms with Gasteiger partial charge in [0, 0.05) is 10.6 Å². The number of halogens is 4. The maximum atomic E-state index is 12.4. The largest absolute Gasteiger partial charge is 0.480 e. The summed E-state index contributed by atoms with van der Waals surface area (Å²) in [5.74, 6) is -2.67. The Balaban J connectivity index is 2.21. The number of aromatic nitrogens is 1. The van der Waals surface area contributed by atoms with Crippen LogP contribution in [-0.4, -0.2) is 34.2 Å². The molecule has 1 unspecified atom stereocenters. The van der Waals surface area contributed by atoms with E-state index in [-0.39, 0.29) is 4.88 Å². The van der Waals surface area contributed by atoms with Crippen molar-refractivity contribution in [1.82, 2.24) is 10.3 Å². The van der Waals surface area contributed by atoms with Gasteiger partial charge in [0.1, 0.15) is 15.9 Å². The molecule has 0 aliphatic heterocycles. The summed E-state index contributed by atoms with van der Waals surface area (Å²) >= 11 is 6.75. The molecule has 2 rings (SSSR count). The first-order chi connectivity index (χ1) is 11.6. The Kier molecular flexibility index (Phi) is 5.69. The van der Waals surface area contributed by atoms with Crippen LogP contribution < -0.4 is 5.32 Å². The highest BCUT2D eigenvalue weighted by Gasteiger charge is 2.36. The van der Waals surface area contributed by atoms with Crippen LogP contribution in [0.2, 0.25) is 5.02 Å². The van der Waals surface area contributed by atoms with Gasteiger partial charge in [-0.3, -0.25) is 4.79 Å². The second-order valence-electron chi connectivity index (χ2n) is 5.12. The van der Waals surface area contributed by atoms with Gasteiger partial charge in [0.15, 0.2) is 0 Å². The molecule has 0 aliphatic carbocycles. The van der Waals surface area contributed by atoms with Gasteiger partial charge in [0.05, 0.1) is 12.1 Å². The Morgan fingerprint density at radius 3 is 2.44 bits per heavy atom. The summed E-state index contributed by atoms with van der Waals surface area (Å²) in [6.45, 7) is 1.52. The summed E-state index contributed by atoms with van der Waals surface area (Å²) in [6, 6.07) is 4.58. The Hall–Kier alpha value is -2.13. The van der Waals surface area contributed by atoms with Crippen molar-refractivity contribution in [2.45, 2.75) is 25.6 Å². The quantitative estimate of drug-likeness (QED) is 0.808. The fraction of sp³-hybridized carbons (Fsp3) is 0.267. The van der Waals surface area contributed by atoms with Gasteiger partial charge in [-0.1, -0.05) is 23.7 Å². The monoisotopic (exact) mass is 392 g/mol. The summed E-state index contributed by atoms with van der Waals surface area (Å²) in [6.07, 6.45) is -6.37. The van der Waals surface area contributed by atoms with Crippen molar-refractivity contribution in [1.29, 1.82) is 0 Å². The predicted molar refractivity (Wildman–Crippen MR) is 86.9 cm³/mol. The standard InChI is InChI=1S/C15H12ClF3N2O3S/c1-7-11(12(22)21-10(14(23)24)6-15(17,18)19)25-13(20-7)8-2-4-9(16)5-3-8/h2-5,10H,6H2,1H3,(H,21,22)(H,23,24). The van der Waals surface area contributed by atoms with Crippen LogP contribution >= 0.6 is 22.9 Å². The summed E-state index contributed by atoms with van der Waals surface area (Å²) in [4.78, 5) is 27.4. The predicted octanol–water partition coefficient (Wildman–Crippen LogP) is 3.91. The third-order valence-corrected chi connectivity index (χ3v) is 4.59. The number of nitrogens with zero attached hydrogens (tertiary/aromatic N) is 1. The average Bonchev–Trinajstić information content (AvgIpc) is 2.88. The first-order valence-corrected chi connectivity index (χ1v) is 8.10. The molecule has 0 spiro atoms. The first kappa shape index (κ1) is 19.2. The number of carbonyl (C=O) groups excluding carboxylic acids is 1. The molecule has 5 nitrogen and oxygen atoms in total. The van der Waals surface area contributed by atoms with E-state index in [1.807, 2.05) is 5.32 Å². The molecule has 0 saturated heterocycles. The van der Waals surface area contributed by atoms with Crippen LogP contribution in [-0.2, 0) is 4.79 Å². The fourth-order valence-electron chi connectivity index (χ4n) is 1.98. The van der Waals surface area contributed by atoms with Gasteiger partial charge in [-0.05, 0) is 19.1 Å². The minimum atomic E-state index is -4.71. The molecule has 0 radical (unpaired) electrons. The van der Waals surface area contributed by atoms with E-state index in [1.165, 1.54) is 6.92 Å². The maximum Gasteiger partial charge on any atom is 0.391 e. The number of alkyl halides is 3. The van der Waals surface area contributed by atoms with Gasteiger partial charge in [-0.15, -0.1) is 11.3 Å². The maximum absolute atomic E-state index is 12.4. The summed E-state index contributed by atoms with van der Waals surface area (Å²) in [5.41, 5.74) is 0.977. The summed E-state index contributed by atoms with van der Waals surface area (Å²) in [5, 5.41) is 11.8. The zero-order chi connectivity index (χ0) is 18.8. The van der Waals surface area contributed by atoms with Crippen LogP contribution in [0.25, 0.3) is 10.6 Å². The Morgan fingerprint density at radius 2 is 1.92 bits per heavy atom. The van der Waals surface area contributed by atoms with Crippen molar-refractivity contribution in [3.63, 3.8) is 0 Å². The second-order valence-corrected chi connectivity index (χ2v) is 6.56. The molecule has 0 fully saturated rings. The van der Waals surface area contributed by atoms with E-state index in [0.29, 0.717) is 21.3 Å². The van der Waals surface area contributed by atoms with Crippen LogP contribution in [0.5, 0.6) is 0 Å². The molecule has 0 aliphatic rings. The number of hydrogen-bond acceptors (Lipinski definition) is 4. The fourth-order valence-corrected chi connectivity index (χ4v) is 3.08. The molecule has 10 heteroatoms. The highest BCUT2D eigenvalue weighted by Crippen LogP contribution is 2.29. The van der Waals surface area contributed by atoms with Gasteiger partial charge < -0.3 is 10.4 Å². The molecule has 0 saturated carbocycles. The number of thiazole rings is 1. The topological polar surface area (TPSA) is 79.3 Å². The van der Waals surface area contributed by atoms with Crippen LogP contribution in [0.4, 0.5) is 13.2 Å². The molecule has 1 heterocycles. The Labute approximate surface area is 149 Å². The highest BCUT2D eigenvalue weighted by atomic mass is 35.5. The average molecular weight is 393 g/mol. The van der Waals surface area contributed by atoms with E-state index in [0.717, 1.165) is 11.3 Å². The number of carboxylic acid groups (broad SMARTS) is 1. The minimum absolute atomic E-state index is 0.0541. The van der Waals surface area contributed by atoms with E-state index in [2.05, 4.69) is 4.98 Å². The number of aliphatic carboxylic acids is 1. The lowest BCUT2D eigenvalue weighted by Gasteiger charge is -2.15. The SMILES string of the molecule is Cc1nc(-c2ccc(Cl)cc2)sc1C(=O)NC(CC(F)(F)F)C(=O)O. The van der Waals surface area contributed by atoms with Gasteiger partial charge in [0.25, 0.3) is 5.91 Å². The number of hydrogen-bond donors (Lipinski definition) is 2. The third kappa shape index (κ3) is 5.17. The van der Waals surface area contributed by atoms with Gasteiger partial charge >= 0.3 is 12.1 Å². The normalized spacial score (nSPS) is 12.7. The highest BCUT2D eigenvalue weighted by molar-refractivity contribution is 7.17. The van der Waals surface area contributed by atoms with Crippen molar-refractivity contribution in [2.75, 3.05) is 0 Å². The molecule has 1 aromatic carbocycles. The van der Waals surface area contributed by atoms with Gasteiger partial charge in [0.2, 0.25) is 0 Å². The van der Waals surface area contributed by atoms with E-state index < -0.39 is 30.5 Å². The summed E-state index contributed by atoms with van der Waals surface area (Å²) < 4.78 is 37.3. The second kappa shape index (κ2) is 7.40. The number of benzene rings is 1. The molecule has 2 N–H and O–H groups in total. The van der Waals surface area contributed by atoms with Crippen molar-refractivity contribution >= 4 is 34.8 Å². The van der Waals surface area contributed by atoms with E-state index >= 15 is 0 Å². The van der Waals surface area contributed by atoms with E-state index in [1.54, 1.807) is 24.3 Å². The van der Waals surface area contributed by atoms with Gasteiger partial charge in [-0.25, -0.2) is 9.78 Å². The lowest BCUT2D eigenvalue weighted by molar-refractivity contribution is -0.157. The number of aryl methyl sites for hydroxylation is 1. The smallest absolute Gasteiger partial charge is 0.391 e. The molecular weight excluding hydrogens is 381 g/mol. The minimum Gasteiger partial charge on any atom is -0.480 e. The third-order valence-electron chi connectivity index (χ3n) is 3.13. The van der Waals surface area contributed by atoms with Crippen LogP contribution in [0.15, 0.2) is 24.3 Å². The number of carbonyl (C=O) groups is 2. The first-order valence-electron chi connectivity index (χ1n) is 6.90. The van der Waals surface area contributed by atoms with Gasteiger partial charge in [-0.2, -0.15) is 13.2 Å². The van der Waals surface area contributed by atoms with Crippen molar-refractivity contribution in [3.05, 3.63) is 39.9 Å². The summed E-state index contributed by atoms with van der Waals surface area (Å²) in [7, 11) is 0.